The van der Waals surface area contributed by atoms with E-state index < -0.39 is 5.54 Å². The van der Waals surface area contributed by atoms with Gasteiger partial charge in [0, 0.05) is 17.2 Å². The molecule has 1 aromatic carbocycles. The van der Waals surface area contributed by atoms with Gasteiger partial charge in [-0.05, 0) is 32.1 Å². The number of allylic oxidation sites excluding steroid dienone is 1. The number of nitrogens with zero attached hydrogens (tertiary/aromatic N) is 2. The SMILES string of the molecule is COc1cc(OC)c(C(=O)C2(c3nc(C)c(C)s3)C=CC=N2)cc1OC. The van der Waals surface area contributed by atoms with Crippen molar-refractivity contribution < 1.29 is 19.0 Å². The molecular weight excluding hydrogens is 352 g/mol. The summed E-state index contributed by atoms with van der Waals surface area (Å²) in [5, 5.41) is 0.638. The minimum Gasteiger partial charge on any atom is -0.496 e. The maximum Gasteiger partial charge on any atom is 0.205 e. The van der Waals surface area contributed by atoms with Gasteiger partial charge < -0.3 is 14.2 Å². The number of methoxy groups -OCH3 is 3. The van der Waals surface area contributed by atoms with E-state index in [4.69, 9.17) is 14.2 Å². The van der Waals surface area contributed by atoms with Crippen molar-refractivity contribution in [2.75, 3.05) is 21.3 Å². The molecule has 0 bridgehead atoms. The number of aliphatic imine (C=N–C) groups is 1. The highest BCUT2D eigenvalue weighted by Gasteiger charge is 2.43. The minimum atomic E-state index is -1.18. The van der Waals surface area contributed by atoms with E-state index in [0.717, 1.165) is 10.6 Å². The van der Waals surface area contributed by atoms with Crippen LogP contribution in [0.2, 0.25) is 0 Å². The van der Waals surface area contributed by atoms with Crippen molar-refractivity contribution >= 4 is 23.3 Å². The predicted octanol–water partition coefficient (Wildman–Crippen LogP) is 3.50. The Bertz CT molecular complexity index is 883. The molecule has 26 heavy (non-hydrogen) atoms. The first-order valence-electron chi connectivity index (χ1n) is 7.99. The summed E-state index contributed by atoms with van der Waals surface area (Å²) in [7, 11) is 4.57. The summed E-state index contributed by atoms with van der Waals surface area (Å²) in [6, 6.07) is 3.26. The van der Waals surface area contributed by atoms with E-state index in [9.17, 15) is 4.79 Å². The molecule has 2 aromatic rings. The quantitative estimate of drug-likeness (QED) is 0.726. The number of aromatic nitrogens is 1. The average Bonchev–Trinajstić information content (AvgIpc) is 3.28. The third kappa shape index (κ3) is 2.78. The van der Waals surface area contributed by atoms with Crippen molar-refractivity contribution in [3.05, 3.63) is 45.4 Å². The normalized spacial score (nSPS) is 18.2. The van der Waals surface area contributed by atoms with Crippen LogP contribution in [0.25, 0.3) is 0 Å². The third-order valence-electron chi connectivity index (χ3n) is 4.35. The Morgan fingerprint density at radius 1 is 1.04 bits per heavy atom. The minimum absolute atomic E-state index is 0.228. The summed E-state index contributed by atoms with van der Waals surface area (Å²) in [5.41, 5.74) is 0.0719. The first-order valence-corrected chi connectivity index (χ1v) is 8.81. The van der Waals surface area contributed by atoms with Crippen LogP contribution in [0, 0.1) is 13.8 Å². The molecule has 1 aliphatic rings. The van der Waals surface area contributed by atoms with Gasteiger partial charge in [0.05, 0.1) is 32.6 Å². The molecule has 3 rings (SSSR count). The van der Waals surface area contributed by atoms with Crippen LogP contribution >= 0.6 is 11.3 Å². The van der Waals surface area contributed by atoms with Crippen molar-refractivity contribution in [1.29, 1.82) is 0 Å². The molecule has 2 heterocycles. The van der Waals surface area contributed by atoms with E-state index >= 15 is 0 Å². The van der Waals surface area contributed by atoms with E-state index in [1.807, 2.05) is 13.8 Å². The number of carbonyl (C=O) groups is 1. The molecule has 1 aliphatic heterocycles. The van der Waals surface area contributed by atoms with Crippen LogP contribution in [-0.2, 0) is 5.54 Å². The predicted molar refractivity (Wildman–Crippen MR) is 101 cm³/mol. The molecule has 0 saturated heterocycles. The van der Waals surface area contributed by atoms with Gasteiger partial charge >= 0.3 is 0 Å². The lowest BCUT2D eigenvalue weighted by molar-refractivity contribution is 0.0919. The highest BCUT2D eigenvalue weighted by molar-refractivity contribution is 7.12. The van der Waals surface area contributed by atoms with Crippen molar-refractivity contribution in [1.82, 2.24) is 4.98 Å². The lowest BCUT2D eigenvalue weighted by Crippen LogP contribution is -2.31. The maximum atomic E-state index is 13.6. The van der Waals surface area contributed by atoms with E-state index in [2.05, 4.69) is 9.98 Å². The molecule has 0 radical (unpaired) electrons. The Morgan fingerprint density at radius 2 is 1.69 bits per heavy atom. The lowest BCUT2D eigenvalue weighted by atomic mass is 9.90. The zero-order chi connectivity index (χ0) is 18.9. The first-order chi connectivity index (χ1) is 12.5. The monoisotopic (exact) mass is 372 g/mol. The Kier molecular flexibility index (Phi) is 4.82. The molecule has 1 aromatic heterocycles. The zero-order valence-corrected chi connectivity index (χ0v) is 16.1. The second-order valence-corrected chi connectivity index (χ2v) is 7.00. The maximum absolute atomic E-state index is 13.6. The smallest absolute Gasteiger partial charge is 0.205 e. The molecule has 6 nitrogen and oxygen atoms in total. The number of thiazole rings is 1. The van der Waals surface area contributed by atoms with Gasteiger partial charge in [-0.25, -0.2) is 4.98 Å². The van der Waals surface area contributed by atoms with Crippen LogP contribution in [0.5, 0.6) is 17.2 Å². The molecule has 1 unspecified atom stereocenters. The summed E-state index contributed by atoms with van der Waals surface area (Å²) in [6.07, 6.45) is 5.15. The standard InChI is InChI=1S/C19H20N2O4S/c1-11-12(2)26-18(21-11)19(7-6-8-20-19)17(22)13-9-15(24-4)16(25-5)10-14(13)23-3/h6-10H,1-5H3. The summed E-state index contributed by atoms with van der Waals surface area (Å²) in [6.45, 7) is 3.90. The van der Waals surface area contributed by atoms with Gasteiger partial charge in [0.1, 0.15) is 10.8 Å². The molecule has 0 N–H and O–H groups in total. The van der Waals surface area contributed by atoms with Gasteiger partial charge in [0.15, 0.2) is 17.0 Å². The van der Waals surface area contributed by atoms with Crippen molar-refractivity contribution in [2.45, 2.75) is 19.4 Å². The fourth-order valence-electron chi connectivity index (χ4n) is 2.79. The number of Topliss-reactive ketones (excluding diaryl/α,β-unsaturated/α-hetero) is 1. The van der Waals surface area contributed by atoms with Crippen LogP contribution in [0.1, 0.15) is 25.9 Å². The summed E-state index contributed by atoms with van der Waals surface area (Å²) in [5.74, 6) is 1.10. The van der Waals surface area contributed by atoms with Gasteiger partial charge in [-0.1, -0.05) is 0 Å². The topological polar surface area (TPSA) is 70.0 Å². The van der Waals surface area contributed by atoms with Crippen molar-refractivity contribution in [3.63, 3.8) is 0 Å². The van der Waals surface area contributed by atoms with Crippen LogP contribution in [-0.4, -0.2) is 38.3 Å². The van der Waals surface area contributed by atoms with Gasteiger partial charge in [-0.2, -0.15) is 0 Å². The first kappa shape index (κ1) is 18.1. The number of ketones is 1. The molecule has 0 aliphatic carbocycles. The van der Waals surface area contributed by atoms with Crippen LogP contribution in [0.4, 0.5) is 0 Å². The molecule has 7 heteroatoms. The average molecular weight is 372 g/mol. The van der Waals surface area contributed by atoms with Crippen LogP contribution in [0.15, 0.2) is 29.3 Å². The molecule has 1 atom stereocenters. The third-order valence-corrected chi connectivity index (χ3v) is 5.55. The van der Waals surface area contributed by atoms with Crippen LogP contribution < -0.4 is 14.2 Å². The fraction of sp³-hybridized carbons (Fsp3) is 0.316. The lowest BCUT2D eigenvalue weighted by Gasteiger charge is -2.22. The number of rotatable bonds is 6. The number of hydrogen-bond donors (Lipinski definition) is 0. The number of ether oxygens (including phenoxy) is 3. The number of carbonyl (C=O) groups excluding carboxylic acids is 1. The zero-order valence-electron chi connectivity index (χ0n) is 15.3. The fourth-order valence-corrected chi connectivity index (χ4v) is 3.83. The highest BCUT2D eigenvalue weighted by Crippen LogP contribution is 2.42. The van der Waals surface area contributed by atoms with E-state index in [-0.39, 0.29) is 5.78 Å². The Hall–Kier alpha value is -2.67. The van der Waals surface area contributed by atoms with Crippen molar-refractivity contribution in [2.24, 2.45) is 4.99 Å². The molecule has 0 spiro atoms. The summed E-state index contributed by atoms with van der Waals surface area (Å²) in [4.78, 5) is 23.7. The molecule has 0 saturated carbocycles. The van der Waals surface area contributed by atoms with Gasteiger partial charge in [0.25, 0.3) is 0 Å². The van der Waals surface area contributed by atoms with E-state index in [0.29, 0.717) is 27.8 Å². The Labute approximate surface area is 156 Å². The highest BCUT2D eigenvalue weighted by atomic mass is 32.1. The molecular formula is C19H20N2O4S. The number of benzene rings is 1. The second-order valence-electron chi connectivity index (χ2n) is 5.80. The van der Waals surface area contributed by atoms with E-state index in [1.54, 1.807) is 30.5 Å². The van der Waals surface area contributed by atoms with Gasteiger partial charge in [-0.3, -0.25) is 9.79 Å². The van der Waals surface area contributed by atoms with Gasteiger partial charge in [-0.15, -0.1) is 11.3 Å². The molecule has 0 fully saturated rings. The Morgan fingerprint density at radius 3 is 2.19 bits per heavy atom. The molecule has 0 amide bonds. The summed E-state index contributed by atoms with van der Waals surface area (Å²) < 4.78 is 16.1. The number of aryl methyl sites for hydroxylation is 2. The van der Waals surface area contributed by atoms with E-state index in [1.165, 1.54) is 32.7 Å². The van der Waals surface area contributed by atoms with Gasteiger partial charge in [0.2, 0.25) is 5.78 Å². The van der Waals surface area contributed by atoms with Crippen LogP contribution in [0.3, 0.4) is 0 Å². The van der Waals surface area contributed by atoms with Crippen molar-refractivity contribution in [3.8, 4) is 17.2 Å². The largest absolute Gasteiger partial charge is 0.496 e. The Balaban J connectivity index is 2.17. The summed E-state index contributed by atoms with van der Waals surface area (Å²) >= 11 is 1.47. The second kappa shape index (κ2) is 6.92. The number of hydrogen-bond acceptors (Lipinski definition) is 7. The molecule has 136 valence electrons.